The third-order valence-corrected chi connectivity index (χ3v) is 6.81. The number of nitrogens with one attached hydrogen (secondary N) is 2. The number of hydrogen-bond donors (Lipinski definition) is 3. The van der Waals surface area contributed by atoms with Gasteiger partial charge in [0.1, 0.15) is 12.1 Å². The molecular formula is C23H22Cl2FN5O2. The number of aromatic amines is 1. The van der Waals surface area contributed by atoms with Crippen LogP contribution in [0.3, 0.4) is 0 Å². The Balaban J connectivity index is 1.43. The van der Waals surface area contributed by atoms with E-state index >= 15 is 0 Å². The molecule has 0 amide bonds. The maximum atomic E-state index is 13.8. The first kappa shape index (κ1) is 22.0. The fourth-order valence-electron chi connectivity index (χ4n) is 4.31. The van der Waals surface area contributed by atoms with Gasteiger partial charge in [-0.2, -0.15) is 5.10 Å². The highest BCUT2D eigenvalue weighted by molar-refractivity contribution is 6.36. The highest BCUT2D eigenvalue weighted by atomic mass is 35.5. The van der Waals surface area contributed by atoms with Gasteiger partial charge in [-0.3, -0.25) is 5.10 Å². The molecule has 0 aliphatic carbocycles. The Morgan fingerprint density at radius 1 is 1.18 bits per heavy atom. The number of halogens is 3. The van der Waals surface area contributed by atoms with Gasteiger partial charge in [0.25, 0.3) is 0 Å². The molecule has 0 bridgehead atoms. The molecule has 10 heteroatoms. The van der Waals surface area contributed by atoms with Crippen molar-refractivity contribution < 1.29 is 13.5 Å². The molecule has 1 aliphatic rings. The predicted molar refractivity (Wildman–Crippen MR) is 126 cm³/mol. The number of aromatic nitrogens is 3. The first-order chi connectivity index (χ1) is 16.0. The van der Waals surface area contributed by atoms with Crippen molar-refractivity contribution in [2.45, 2.75) is 25.2 Å². The molecule has 7 nitrogen and oxygen atoms in total. The fraction of sp³-hybridized carbons (Fsp3) is 0.304. The summed E-state index contributed by atoms with van der Waals surface area (Å²) in [6, 6.07) is 2.70. The lowest BCUT2D eigenvalue weighted by molar-refractivity contribution is 0.321. The average molecular weight is 490 g/mol. The molecule has 5 rings (SSSR count). The molecule has 1 fully saturated rings. The number of nitrogens with two attached hydrogens (primary N) is 1. The van der Waals surface area contributed by atoms with E-state index in [1.54, 1.807) is 12.5 Å². The van der Waals surface area contributed by atoms with Crippen LogP contribution < -0.4 is 15.8 Å². The van der Waals surface area contributed by atoms with Gasteiger partial charge in [-0.25, -0.2) is 9.37 Å². The molecule has 33 heavy (non-hydrogen) atoms. The van der Waals surface area contributed by atoms with E-state index in [9.17, 15) is 4.39 Å². The second-order valence-corrected chi connectivity index (χ2v) is 8.79. The second-order valence-electron chi connectivity index (χ2n) is 8.01. The summed E-state index contributed by atoms with van der Waals surface area (Å²) < 4.78 is 25.6. The third kappa shape index (κ3) is 4.14. The summed E-state index contributed by atoms with van der Waals surface area (Å²) >= 11 is 12.2. The van der Waals surface area contributed by atoms with Crippen molar-refractivity contribution in [3.05, 3.63) is 57.9 Å². The number of anilines is 1. The molecule has 3 aromatic heterocycles. The van der Waals surface area contributed by atoms with Crippen molar-refractivity contribution in [2.75, 3.05) is 25.4 Å². The van der Waals surface area contributed by atoms with E-state index in [0.29, 0.717) is 34.3 Å². The van der Waals surface area contributed by atoms with Crippen molar-refractivity contribution in [1.82, 2.24) is 20.5 Å². The molecule has 0 spiro atoms. The highest BCUT2D eigenvalue weighted by Crippen LogP contribution is 2.41. The van der Waals surface area contributed by atoms with E-state index < -0.39 is 5.82 Å². The van der Waals surface area contributed by atoms with Gasteiger partial charge in [0.05, 0.1) is 23.2 Å². The van der Waals surface area contributed by atoms with Gasteiger partial charge in [0, 0.05) is 40.4 Å². The lowest BCUT2D eigenvalue weighted by Crippen LogP contribution is -2.27. The van der Waals surface area contributed by atoms with E-state index in [0.717, 1.165) is 48.1 Å². The summed E-state index contributed by atoms with van der Waals surface area (Å²) in [7, 11) is 0. The van der Waals surface area contributed by atoms with Crippen LogP contribution in [0, 0.1) is 5.82 Å². The zero-order valence-electron chi connectivity index (χ0n) is 17.6. The number of pyridine rings is 1. The van der Waals surface area contributed by atoms with E-state index in [-0.39, 0.29) is 17.4 Å². The van der Waals surface area contributed by atoms with Crippen LogP contribution in [0.5, 0.6) is 5.75 Å². The molecule has 1 aromatic carbocycles. The van der Waals surface area contributed by atoms with Gasteiger partial charge in [-0.05, 0) is 43.6 Å². The quantitative estimate of drug-likeness (QED) is 0.316. The van der Waals surface area contributed by atoms with Gasteiger partial charge in [-0.1, -0.05) is 23.2 Å². The van der Waals surface area contributed by atoms with E-state index in [2.05, 4.69) is 20.5 Å². The number of fused-ring (bicyclic) bond motifs is 1. The average Bonchev–Trinajstić information content (AvgIpc) is 3.47. The Kier molecular flexibility index (Phi) is 6.14. The lowest BCUT2D eigenvalue weighted by Gasteiger charge is -2.22. The van der Waals surface area contributed by atoms with Crippen LogP contribution in [-0.2, 0) is 6.42 Å². The zero-order chi connectivity index (χ0) is 22.9. The number of ether oxygens (including phenoxy) is 1. The van der Waals surface area contributed by atoms with Crippen molar-refractivity contribution in [3.63, 3.8) is 0 Å². The number of hydrogen-bond acceptors (Lipinski definition) is 6. The summed E-state index contributed by atoms with van der Waals surface area (Å²) in [5.74, 6) is 0.395. The molecule has 0 atom stereocenters. The first-order valence-corrected chi connectivity index (χ1v) is 11.5. The van der Waals surface area contributed by atoms with Crippen LogP contribution >= 0.6 is 23.2 Å². The number of rotatable bonds is 6. The van der Waals surface area contributed by atoms with Crippen LogP contribution in [0.4, 0.5) is 10.2 Å². The number of nitrogens with zero attached hydrogens (tertiary/aromatic N) is 2. The minimum atomic E-state index is -0.528. The standard InChI is InChI=1S/C23H22Cl2FN5O2/c24-17-1-2-18(26)19(25)13(17)5-8-32-22-21-15(9-29-23(22)27)16(11-33-21)14-10-30-31-20(14)12-3-6-28-7-4-12/h1-2,9-12,28H,3-8H2,(H2,27,29)(H,30,31). The topological polar surface area (TPSA) is 102 Å². The Hall–Kier alpha value is -2.81. The molecule has 0 saturated carbocycles. The smallest absolute Gasteiger partial charge is 0.205 e. The molecule has 1 aliphatic heterocycles. The number of benzene rings is 1. The first-order valence-electron chi connectivity index (χ1n) is 10.7. The van der Waals surface area contributed by atoms with Crippen molar-refractivity contribution >= 4 is 40.0 Å². The van der Waals surface area contributed by atoms with Crippen molar-refractivity contribution in [2.24, 2.45) is 0 Å². The molecule has 172 valence electrons. The largest absolute Gasteiger partial charge is 0.486 e. The predicted octanol–water partition coefficient (Wildman–Crippen LogP) is 5.33. The number of piperidine rings is 1. The molecule has 4 heterocycles. The molecule has 1 saturated heterocycles. The van der Waals surface area contributed by atoms with E-state index in [1.807, 2.05) is 6.20 Å². The zero-order valence-corrected chi connectivity index (χ0v) is 19.1. The minimum absolute atomic E-state index is 0.0129. The van der Waals surface area contributed by atoms with Gasteiger partial charge < -0.3 is 20.2 Å². The number of nitrogen functional groups attached to an aromatic ring is 1. The normalized spacial score (nSPS) is 14.8. The van der Waals surface area contributed by atoms with Gasteiger partial charge in [0.15, 0.2) is 11.4 Å². The van der Waals surface area contributed by atoms with Crippen LogP contribution in [0.2, 0.25) is 10.0 Å². The van der Waals surface area contributed by atoms with Gasteiger partial charge in [0.2, 0.25) is 5.75 Å². The Morgan fingerprint density at radius 3 is 2.82 bits per heavy atom. The van der Waals surface area contributed by atoms with Crippen LogP contribution in [0.1, 0.15) is 30.0 Å². The third-order valence-electron chi connectivity index (χ3n) is 6.04. The van der Waals surface area contributed by atoms with E-state index in [4.69, 9.17) is 38.1 Å². The lowest BCUT2D eigenvalue weighted by atomic mass is 9.90. The van der Waals surface area contributed by atoms with Crippen LogP contribution in [-0.4, -0.2) is 34.9 Å². The SMILES string of the molecule is Nc1ncc2c(-c3cn[nH]c3C3CCNCC3)coc2c1OCCc1c(Cl)ccc(F)c1Cl. The molecule has 4 N–H and O–H groups in total. The van der Waals surface area contributed by atoms with Crippen molar-refractivity contribution in [1.29, 1.82) is 0 Å². The van der Waals surface area contributed by atoms with Crippen LogP contribution in [0.25, 0.3) is 22.1 Å². The maximum absolute atomic E-state index is 13.8. The van der Waals surface area contributed by atoms with E-state index in [1.165, 1.54) is 12.1 Å². The Morgan fingerprint density at radius 2 is 2.00 bits per heavy atom. The molecule has 0 radical (unpaired) electrons. The Bertz CT molecular complexity index is 1300. The summed E-state index contributed by atoms with van der Waals surface area (Å²) in [5.41, 5.74) is 10.0. The highest BCUT2D eigenvalue weighted by Gasteiger charge is 2.24. The summed E-state index contributed by atoms with van der Waals surface area (Å²) in [6.45, 7) is 2.12. The van der Waals surface area contributed by atoms with Crippen LogP contribution in [0.15, 0.2) is 35.2 Å². The molecular weight excluding hydrogens is 468 g/mol. The summed E-state index contributed by atoms with van der Waals surface area (Å²) in [4.78, 5) is 4.31. The molecule has 4 aromatic rings. The van der Waals surface area contributed by atoms with Gasteiger partial charge >= 0.3 is 0 Å². The second kappa shape index (κ2) is 9.21. The minimum Gasteiger partial charge on any atom is -0.486 e. The maximum Gasteiger partial charge on any atom is 0.205 e. The Labute approximate surface area is 199 Å². The summed E-state index contributed by atoms with van der Waals surface area (Å²) in [5, 5.41) is 12.0. The summed E-state index contributed by atoms with van der Waals surface area (Å²) in [6.07, 6.45) is 7.53. The van der Waals surface area contributed by atoms with Crippen molar-refractivity contribution in [3.8, 4) is 16.9 Å². The monoisotopic (exact) mass is 489 g/mol. The van der Waals surface area contributed by atoms with Gasteiger partial charge in [-0.15, -0.1) is 0 Å². The number of H-pyrrole nitrogens is 1. The fourth-order valence-corrected chi connectivity index (χ4v) is 4.87. The number of furan rings is 1. The molecule has 0 unspecified atom stereocenters.